The van der Waals surface area contributed by atoms with Gasteiger partial charge in [0.1, 0.15) is 5.69 Å². The smallest absolute Gasteiger partial charge is 0.238 e. The van der Waals surface area contributed by atoms with Gasteiger partial charge in [0.25, 0.3) is 0 Å². The van der Waals surface area contributed by atoms with Crippen molar-refractivity contribution >= 4 is 31.6 Å². The van der Waals surface area contributed by atoms with Gasteiger partial charge in [0.2, 0.25) is 15.9 Å². The third kappa shape index (κ3) is 3.60. The van der Waals surface area contributed by atoms with Crippen molar-refractivity contribution in [3.63, 3.8) is 0 Å². The van der Waals surface area contributed by atoms with Crippen LogP contribution >= 0.6 is 15.9 Å². The maximum atomic E-state index is 12.3. The van der Waals surface area contributed by atoms with E-state index in [1.54, 1.807) is 12.3 Å². The Balaban J connectivity index is 2.21. The van der Waals surface area contributed by atoms with Gasteiger partial charge in [-0.3, -0.25) is 4.72 Å². The third-order valence-corrected chi connectivity index (χ3v) is 5.54. The minimum Gasteiger partial charge on any atom is -0.479 e. The molecule has 1 N–H and O–H groups in total. The fraction of sp³-hybridized carbons (Fsp3) is 0.583. The predicted octanol–water partition coefficient (Wildman–Crippen LogP) is 2.93. The van der Waals surface area contributed by atoms with E-state index >= 15 is 0 Å². The summed E-state index contributed by atoms with van der Waals surface area (Å²) < 4.78 is 33.0. The number of nitrogens with one attached hydrogen (secondary N) is 1. The molecule has 1 aliphatic carbocycles. The van der Waals surface area contributed by atoms with Crippen molar-refractivity contribution in [1.82, 2.24) is 4.98 Å². The third-order valence-electron chi connectivity index (χ3n) is 3.25. The maximum absolute atomic E-state index is 12.3. The van der Waals surface area contributed by atoms with Crippen molar-refractivity contribution in [3.8, 4) is 5.88 Å². The molecule has 106 valence electrons. The van der Waals surface area contributed by atoms with Crippen LogP contribution in [0.25, 0.3) is 0 Å². The lowest BCUT2D eigenvalue weighted by atomic mass is 10.0. The number of methoxy groups -OCH3 is 1. The molecule has 1 aliphatic rings. The molecule has 1 aromatic heterocycles. The molecule has 7 heteroatoms. The minimum atomic E-state index is -3.38. The van der Waals surface area contributed by atoms with Crippen LogP contribution in [-0.4, -0.2) is 25.8 Å². The number of ether oxygens (including phenoxy) is 1. The lowest BCUT2D eigenvalue weighted by Gasteiger charge is -2.22. The van der Waals surface area contributed by atoms with Crippen molar-refractivity contribution in [2.24, 2.45) is 0 Å². The first-order chi connectivity index (χ1) is 9.03. The first-order valence-corrected chi connectivity index (χ1v) is 8.58. The minimum absolute atomic E-state index is 0.280. The van der Waals surface area contributed by atoms with Crippen LogP contribution in [0.5, 0.6) is 5.88 Å². The zero-order valence-corrected chi connectivity index (χ0v) is 13.1. The van der Waals surface area contributed by atoms with E-state index in [1.165, 1.54) is 7.11 Å². The van der Waals surface area contributed by atoms with Crippen LogP contribution in [0.4, 0.5) is 5.69 Å². The molecule has 2 rings (SSSR count). The quantitative estimate of drug-likeness (QED) is 0.908. The van der Waals surface area contributed by atoms with Crippen molar-refractivity contribution in [1.29, 1.82) is 0 Å². The first-order valence-electron chi connectivity index (χ1n) is 6.24. The molecule has 1 aromatic rings. The van der Waals surface area contributed by atoms with Crippen LogP contribution < -0.4 is 9.46 Å². The number of halogens is 1. The zero-order chi connectivity index (χ0) is 13.9. The van der Waals surface area contributed by atoms with Gasteiger partial charge in [0.15, 0.2) is 0 Å². The molecule has 1 heterocycles. The lowest BCUT2D eigenvalue weighted by Crippen LogP contribution is -2.29. The van der Waals surface area contributed by atoms with E-state index in [0.29, 0.717) is 10.2 Å². The number of anilines is 1. The number of hydrogen-bond donors (Lipinski definition) is 1. The summed E-state index contributed by atoms with van der Waals surface area (Å²) in [7, 11) is -1.91. The molecule has 0 aromatic carbocycles. The normalized spacial score (nSPS) is 17.2. The first kappa shape index (κ1) is 14.6. The van der Waals surface area contributed by atoms with E-state index in [2.05, 4.69) is 25.6 Å². The summed E-state index contributed by atoms with van der Waals surface area (Å²) in [5.41, 5.74) is 0.377. The number of pyridine rings is 1. The van der Waals surface area contributed by atoms with Crippen LogP contribution in [0.2, 0.25) is 0 Å². The number of sulfonamides is 1. The Morgan fingerprint density at radius 1 is 1.37 bits per heavy atom. The van der Waals surface area contributed by atoms with E-state index in [-0.39, 0.29) is 11.1 Å². The summed E-state index contributed by atoms with van der Waals surface area (Å²) in [6, 6.07) is 1.66. The number of hydrogen-bond acceptors (Lipinski definition) is 4. The summed E-state index contributed by atoms with van der Waals surface area (Å²) in [6.07, 6.45) is 6.07. The Bertz CT molecular complexity index is 542. The SMILES string of the molecule is COc1ncc(Br)cc1NS(=O)(=O)C1CCCCC1. The van der Waals surface area contributed by atoms with Crippen molar-refractivity contribution < 1.29 is 13.2 Å². The highest BCUT2D eigenvalue weighted by atomic mass is 79.9. The Kier molecular flexibility index (Phi) is 4.67. The van der Waals surface area contributed by atoms with Gasteiger partial charge in [-0.05, 0) is 34.8 Å². The molecular formula is C12H17BrN2O3S. The molecule has 1 saturated carbocycles. The Morgan fingerprint density at radius 2 is 2.05 bits per heavy atom. The Labute approximate surface area is 121 Å². The molecule has 5 nitrogen and oxygen atoms in total. The van der Waals surface area contributed by atoms with Crippen molar-refractivity contribution in [3.05, 3.63) is 16.7 Å². The predicted molar refractivity (Wildman–Crippen MR) is 77.9 cm³/mol. The topological polar surface area (TPSA) is 68.3 Å². The van der Waals surface area contributed by atoms with Crippen LogP contribution in [0.3, 0.4) is 0 Å². The van der Waals surface area contributed by atoms with Crippen LogP contribution in [0.1, 0.15) is 32.1 Å². The van der Waals surface area contributed by atoms with Gasteiger partial charge < -0.3 is 4.74 Å². The lowest BCUT2D eigenvalue weighted by molar-refractivity contribution is 0.400. The highest BCUT2D eigenvalue weighted by molar-refractivity contribution is 9.10. The molecule has 0 atom stereocenters. The van der Waals surface area contributed by atoms with E-state index in [1.807, 2.05) is 0 Å². The molecule has 1 fully saturated rings. The molecule has 0 saturated heterocycles. The molecule has 0 unspecified atom stereocenters. The molecule has 0 amide bonds. The highest BCUT2D eigenvalue weighted by Gasteiger charge is 2.28. The summed E-state index contributed by atoms with van der Waals surface area (Å²) in [4.78, 5) is 4.03. The maximum Gasteiger partial charge on any atom is 0.238 e. The molecular weight excluding hydrogens is 332 g/mol. The van der Waals surface area contributed by atoms with E-state index < -0.39 is 10.0 Å². The van der Waals surface area contributed by atoms with Crippen LogP contribution in [0.15, 0.2) is 16.7 Å². The van der Waals surface area contributed by atoms with Gasteiger partial charge in [-0.2, -0.15) is 0 Å². The Hall–Kier alpha value is -0.820. The average molecular weight is 349 g/mol. The summed E-state index contributed by atoms with van der Waals surface area (Å²) in [5.74, 6) is 0.280. The van der Waals surface area contributed by atoms with Gasteiger partial charge in [-0.15, -0.1) is 0 Å². The van der Waals surface area contributed by atoms with Gasteiger partial charge in [-0.25, -0.2) is 13.4 Å². The van der Waals surface area contributed by atoms with E-state index in [0.717, 1.165) is 32.1 Å². The summed E-state index contributed by atoms with van der Waals surface area (Å²) >= 11 is 3.28. The number of nitrogens with zero attached hydrogens (tertiary/aromatic N) is 1. The second-order valence-electron chi connectivity index (χ2n) is 4.62. The highest BCUT2D eigenvalue weighted by Crippen LogP contribution is 2.29. The zero-order valence-electron chi connectivity index (χ0n) is 10.7. The molecule has 0 aliphatic heterocycles. The van der Waals surface area contributed by atoms with Gasteiger partial charge in [0, 0.05) is 10.7 Å². The second kappa shape index (κ2) is 6.09. The standard InChI is InChI=1S/C12H17BrN2O3S/c1-18-12-11(7-9(13)8-14-12)15-19(16,17)10-5-3-2-4-6-10/h7-8,10,15H,2-6H2,1H3. The fourth-order valence-corrected chi connectivity index (χ4v) is 4.18. The molecule has 19 heavy (non-hydrogen) atoms. The van der Waals surface area contributed by atoms with Crippen molar-refractivity contribution in [2.45, 2.75) is 37.4 Å². The molecule has 0 bridgehead atoms. The summed E-state index contributed by atoms with van der Waals surface area (Å²) in [5, 5.41) is -0.315. The summed E-state index contributed by atoms with van der Waals surface area (Å²) in [6.45, 7) is 0. The average Bonchev–Trinajstić information content (AvgIpc) is 2.39. The Morgan fingerprint density at radius 3 is 2.68 bits per heavy atom. The van der Waals surface area contributed by atoms with Crippen molar-refractivity contribution in [2.75, 3.05) is 11.8 Å². The second-order valence-corrected chi connectivity index (χ2v) is 7.49. The number of aromatic nitrogens is 1. The van der Waals surface area contributed by atoms with Gasteiger partial charge in [-0.1, -0.05) is 19.3 Å². The molecule has 0 radical (unpaired) electrons. The van der Waals surface area contributed by atoms with Crippen LogP contribution in [0, 0.1) is 0 Å². The monoisotopic (exact) mass is 348 g/mol. The van der Waals surface area contributed by atoms with Crippen LogP contribution in [-0.2, 0) is 10.0 Å². The molecule has 0 spiro atoms. The van der Waals surface area contributed by atoms with Gasteiger partial charge in [0.05, 0.1) is 12.4 Å². The fourth-order valence-electron chi connectivity index (χ4n) is 2.27. The van der Waals surface area contributed by atoms with E-state index in [9.17, 15) is 8.42 Å². The van der Waals surface area contributed by atoms with Gasteiger partial charge >= 0.3 is 0 Å². The number of rotatable bonds is 4. The van der Waals surface area contributed by atoms with E-state index in [4.69, 9.17) is 4.74 Å². The largest absolute Gasteiger partial charge is 0.479 e.